The van der Waals surface area contributed by atoms with Crippen molar-refractivity contribution in [2.75, 3.05) is 0 Å². The number of aromatic nitrogens is 3. The van der Waals surface area contributed by atoms with Gasteiger partial charge in [0.15, 0.2) is 0 Å². The number of hydrogen-bond donors (Lipinski definition) is 0. The first-order chi connectivity index (χ1) is 28.5. The first-order valence-corrected chi connectivity index (χ1v) is 20.3. The second kappa shape index (κ2) is 13.5. The molecule has 7 aromatic carbocycles. The zero-order valence-electron chi connectivity index (χ0n) is 32.6. The van der Waals surface area contributed by atoms with Crippen molar-refractivity contribution in [2.45, 2.75) is 31.6 Å². The third-order valence-electron chi connectivity index (χ3n) is 12.4. The molecule has 0 saturated carbocycles. The van der Waals surface area contributed by atoms with E-state index >= 15 is 0 Å². The quantitative estimate of drug-likeness (QED) is 0.170. The van der Waals surface area contributed by atoms with Gasteiger partial charge < -0.3 is 0 Å². The van der Waals surface area contributed by atoms with E-state index in [1.165, 1.54) is 55.3 Å². The van der Waals surface area contributed by atoms with Crippen molar-refractivity contribution >= 4 is 27.4 Å². The molecule has 58 heavy (non-hydrogen) atoms. The van der Waals surface area contributed by atoms with Gasteiger partial charge in [-0.1, -0.05) is 172 Å². The maximum Gasteiger partial charge on any atom is 0.235 e. The molecule has 3 nitrogen and oxygen atoms in total. The molecule has 2 aliphatic rings. The van der Waals surface area contributed by atoms with E-state index in [2.05, 4.69) is 213 Å². The topological polar surface area (TPSA) is 30.7 Å². The van der Waals surface area contributed by atoms with Gasteiger partial charge in [0.1, 0.15) is 0 Å². The van der Waals surface area contributed by atoms with Gasteiger partial charge in [-0.3, -0.25) is 4.57 Å². The van der Waals surface area contributed by atoms with Crippen LogP contribution in [0.1, 0.15) is 48.6 Å². The molecule has 0 amide bonds. The Balaban J connectivity index is 1.08. The minimum atomic E-state index is -0.0627. The van der Waals surface area contributed by atoms with E-state index in [1.807, 2.05) is 0 Å². The summed E-state index contributed by atoms with van der Waals surface area (Å²) in [4.78, 5) is 10.8. The first kappa shape index (κ1) is 34.2. The summed E-state index contributed by atoms with van der Waals surface area (Å²) in [7, 11) is 0. The van der Waals surface area contributed by atoms with Crippen molar-refractivity contribution in [1.29, 1.82) is 0 Å². The standard InChI is InChI=1S/C55H41N3/c1-55(2)48-25-11-9-23-44(48)45-29-27-41(34-49(45)55)40-28-30-53-47(33-40)46-24-10-12-26-52(46)58(53)54-56-50(42-21-13-19-38(31-42)36-15-5-3-6-16-36)35-51(57-54)43-22-14-20-39(32-43)37-17-7-4-8-18-37/h3-19,21-35,39H,20H2,1-2H3. The van der Waals surface area contributed by atoms with Gasteiger partial charge in [0.2, 0.25) is 5.95 Å². The van der Waals surface area contributed by atoms with Crippen LogP contribution in [-0.2, 0) is 5.41 Å². The second-order valence-electron chi connectivity index (χ2n) is 16.2. The van der Waals surface area contributed by atoms with Gasteiger partial charge in [0.25, 0.3) is 0 Å². The van der Waals surface area contributed by atoms with Crippen molar-refractivity contribution in [3.63, 3.8) is 0 Å². The Kier molecular flexibility index (Phi) is 7.97. The number of rotatable bonds is 6. The highest BCUT2D eigenvalue weighted by atomic mass is 15.2. The third kappa shape index (κ3) is 5.65. The average molecular weight is 744 g/mol. The predicted molar refractivity (Wildman–Crippen MR) is 241 cm³/mol. The Labute approximate surface area is 339 Å². The summed E-state index contributed by atoms with van der Waals surface area (Å²) >= 11 is 0. The van der Waals surface area contributed by atoms with Crippen LogP contribution in [0.5, 0.6) is 0 Å². The van der Waals surface area contributed by atoms with Gasteiger partial charge in [0, 0.05) is 27.7 Å². The Bertz CT molecular complexity index is 3110. The molecule has 276 valence electrons. The highest BCUT2D eigenvalue weighted by Gasteiger charge is 2.35. The normalized spacial score (nSPS) is 15.3. The predicted octanol–water partition coefficient (Wildman–Crippen LogP) is 14.0. The molecule has 1 atom stereocenters. The lowest BCUT2D eigenvalue weighted by Crippen LogP contribution is -2.14. The monoisotopic (exact) mass is 743 g/mol. The van der Waals surface area contributed by atoms with Crippen molar-refractivity contribution in [3.8, 4) is 50.6 Å². The summed E-state index contributed by atoms with van der Waals surface area (Å²) in [5, 5.41) is 2.36. The fourth-order valence-electron chi connectivity index (χ4n) is 9.36. The molecule has 9 aromatic rings. The molecule has 0 fully saturated rings. The number of fused-ring (bicyclic) bond motifs is 6. The van der Waals surface area contributed by atoms with Gasteiger partial charge in [0.05, 0.1) is 22.4 Å². The van der Waals surface area contributed by atoms with E-state index in [0.29, 0.717) is 5.95 Å². The van der Waals surface area contributed by atoms with Crippen LogP contribution in [0.2, 0.25) is 0 Å². The Morgan fingerprint density at radius 2 is 1.16 bits per heavy atom. The van der Waals surface area contributed by atoms with E-state index in [0.717, 1.165) is 45.5 Å². The Morgan fingerprint density at radius 1 is 0.500 bits per heavy atom. The molecule has 1 unspecified atom stereocenters. The summed E-state index contributed by atoms with van der Waals surface area (Å²) in [6, 6.07) is 63.6. The van der Waals surface area contributed by atoms with Gasteiger partial charge in [-0.05, 0) is 98.5 Å². The molecule has 0 radical (unpaired) electrons. The Morgan fingerprint density at radius 3 is 2.03 bits per heavy atom. The number of para-hydroxylation sites is 1. The molecular formula is C55H41N3. The lowest BCUT2D eigenvalue weighted by molar-refractivity contribution is 0.660. The summed E-state index contributed by atoms with van der Waals surface area (Å²) in [5.41, 5.74) is 17.6. The van der Waals surface area contributed by atoms with Crippen molar-refractivity contribution < 1.29 is 0 Å². The van der Waals surface area contributed by atoms with E-state index < -0.39 is 0 Å². The minimum Gasteiger partial charge on any atom is -0.278 e. The van der Waals surface area contributed by atoms with Crippen LogP contribution >= 0.6 is 0 Å². The number of benzene rings is 7. The van der Waals surface area contributed by atoms with Gasteiger partial charge in [-0.2, -0.15) is 0 Å². The van der Waals surface area contributed by atoms with Crippen LogP contribution in [-0.4, -0.2) is 14.5 Å². The molecule has 2 aromatic heterocycles. The van der Waals surface area contributed by atoms with Crippen LogP contribution < -0.4 is 0 Å². The molecule has 0 aliphatic heterocycles. The van der Waals surface area contributed by atoms with Gasteiger partial charge >= 0.3 is 0 Å². The smallest absolute Gasteiger partial charge is 0.235 e. The highest BCUT2D eigenvalue weighted by Crippen LogP contribution is 2.49. The van der Waals surface area contributed by atoms with E-state index in [9.17, 15) is 0 Å². The molecule has 3 heteroatoms. The van der Waals surface area contributed by atoms with Crippen LogP contribution in [0, 0.1) is 0 Å². The first-order valence-electron chi connectivity index (χ1n) is 20.3. The molecule has 0 spiro atoms. The minimum absolute atomic E-state index is 0.0627. The number of allylic oxidation sites excluding steroid dienone is 4. The average Bonchev–Trinajstić information content (AvgIpc) is 3.74. The van der Waals surface area contributed by atoms with E-state index in [-0.39, 0.29) is 11.3 Å². The number of nitrogens with zero attached hydrogens (tertiary/aromatic N) is 3. The molecule has 2 heterocycles. The SMILES string of the molecule is CC1(C)c2ccccc2-c2ccc(-c3ccc4c(c3)c3ccccc3n4-c3nc(C4=CC(c5ccccc5)CC=C4)cc(-c4cccc(-c5ccccc5)c4)n3)cc21. The number of hydrogen-bond acceptors (Lipinski definition) is 2. The molecule has 2 aliphatic carbocycles. The highest BCUT2D eigenvalue weighted by molar-refractivity contribution is 6.10. The maximum absolute atomic E-state index is 5.42. The Hall–Kier alpha value is -7.10. The zero-order valence-corrected chi connectivity index (χ0v) is 32.6. The van der Waals surface area contributed by atoms with Crippen molar-refractivity contribution in [1.82, 2.24) is 14.5 Å². The van der Waals surface area contributed by atoms with Crippen molar-refractivity contribution in [3.05, 3.63) is 217 Å². The van der Waals surface area contributed by atoms with Crippen LogP contribution in [0.3, 0.4) is 0 Å². The summed E-state index contributed by atoms with van der Waals surface area (Å²) in [5.74, 6) is 0.930. The third-order valence-corrected chi connectivity index (χ3v) is 12.4. The lowest BCUT2D eigenvalue weighted by atomic mass is 9.81. The van der Waals surface area contributed by atoms with E-state index in [4.69, 9.17) is 9.97 Å². The zero-order chi connectivity index (χ0) is 38.8. The van der Waals surface area contributed by atoms with Crippen LogP contribution in [0.15, 0.2) is 194 Å². The van der Waals surface area contributed by atoms with Crippen LogP contribution in [0.25, 0.3) is 78.0 Å². The molecule has 0 N–H and O–H groups in total. The largest absolute Gasteiger partial charge is 0.278 e. The molecular weight excluding hydrogens is 703 g/mol. The van der Waals surface area contributed by atoms with E-state index in [1.54, 1.807) is 0 Å². The fourth-order valence-corrected chi connectivity index (χ4v) is 9.36. The maximum atomic E-state index is 5.42. The molecule has 11 rings (SSSR count). The fraction of sp³-hybridized carbons (Fsp3) is 0.0909. The lowest BCUT2D eigenvalue weighted by Gasteiger charge is -2.22. The summed E-state index contributed by atoms with van der Waals surface area (Å²) in [6.07, 6.45) is 7.84. The van der Waals surface area contributed by atoms with Gasteiger partial charge in [-0.15, -0.1) is 0 Å². The second-order valence-corrected chi connectivity index (χ2v) is 16.2. The molecule has 0 bridgehead atoms. The van der Waals surface area contributed by atoms with Gasteiger partial charge in [-0.25, -0.2) is 9.97 Å². The van der Waals surface area contributed by atoms with Crippen molar-refractivity contribution in [2.24, 2.45) is 0 Å². The molecule has 0 saturated heterocycles. The summed E-state index contributed by atoms with van der Waals surface area (Å²) in [6.45, 7) is 4.69. The van der Waals surface area contributed by atoms with Crippen LogP contribution in [0.4, 0.5) is 0 Å². The summed E-state index contributed by atoms with van der Waals surface area (Å²) < 4.78 is 2.26.